The number of carbonyl (C=O) groups is 1. The molecule has 3 rings (SSSR count). The maximum atomic E-state index is 13.3. The van der Waals surface area contributed by atoms with Crippen LogP contribution in [0.25, 0.3) is 5.69 Å². The second-order valence-electron chi connectivity index (χ2n) is 6.42. The molecule has 1 amide bonds. The van der Waals surface area contributed by atoms with Crippen LogP contribution < -0.4 is 10.7 Å². The normalized spacial score (nSPS) is 11.3. The van der Waals surface area contributed by atoms with E-state index in [4.69, 9.17) is 0 Å². The molecule has 0 unspecified atom stereocenters. The van der Waals surface area contributed by atoms with E-state index in [2.05, 4.69) is 10.4 Å². The Labute approximate surface area is 164 Å². The molecule has 8 heteroatoms. The van der Waals surface area contributed by atoms with Gasteiger partial charge in [0.25, 0.3) is 5.91 Å². The standard InChI is InChI=1S/C21H18F3N3O2/c1-14-13-18(28)19(20(29)25-12-11-15-7-3-2-4-8-15)26-27(14)17-10-6-5-9-16(17)21(22,23)24/h2-10,13H,11-12H2,1H3,(H,25,29). The molecule has 2 aromatic carbocycles. The zero-order chi connectivity index (χ0) is 21.0. The highest BCUT2D eigenvalue weighted by atomic mass is 19.4. The molecule has 29 heavy (non-hydrogen) atoms. The van der Waals surface area contributed by atoms with E-state index in [0.717, 1.165) is 22.4 Å². The first kappa shape index (κ1) is 20.3. The number of carbonyl (C=O) groups excluding carboxylic acids is 1. The Morgan fingerprint density at radius 3 is 2.41 bits per heavy atom. The van der Waals surface area contributed by atoms with E-state index in [-0.39, 0.29) is 17.9 Å². The first-order valence-corrected chi connectivity index (χ1v) is 8.87. The molecule has 0 saturated carbocycles. The first-order valence-electron chi connectivity index (χ1n) is 8.87. The predicted octanol–water partition coefficient (Wildman–Crippen LogP) is 3.53. The van der Waals surface area contributed by atoms with E-state index in [0.29, 0.717) is 6.42 Å². The number of para-hydroxylation sites is 1. The summed E-state index contributed by atoms with van der Waals surface area (Å²) < 4.78 is 41.0. The van der Waals surface area contributed by atoms with E-state index in [1.807, 2.05) is 30.3 Å². The van der Waals surface area contributed by atoms with Gasteiger partial charge in [-0.2, -0.15) is 18.3 Å². The largest absolute Gasteiger partial charge is 0.418 e. The molecule has 150 valence electrons. The summed E-state index contributed by atoms with van der Waals surface area (Å²) in [5.74, 6) is -0.732. The lowest BCUT2D eigenvalue weighted by Gasteiger charge is -2.16. The Kier molecular flexibility index (Phi) is 5.81. The van der Waals surface area contributed by atoms with Gasteiger partial charge < -0.3 is 5.32 Å². The third kappa shape index (κ3) is 4.71. The van der Waals surface area contributed by atoms with Gasteiger partial charge in [0, 0.05) is 18.3 Å². The third-order valence-corrected chi connectivity index (χ3v) is 4.30. The Morgan fingerprint density at radius 2 is 1.72 bits per heavy atom. The number of benzene rings is 2. The van der Waals surface area contributed by atoms with Crippen molar-refractivity contribution in [3.8, 4) is 5.69 Å². The van der Waals surface area contributed by atoms with Crippen LogP contribution in [0.3, 0.4) is 0 Å². The number of hydrogen-bond acceptors (Lipinski definition) is 3. The quantitative estimate of drug-likeness (QED) is 0.711. The highest BCUT2D eigenvalue weighted by molar-refractivity contribution is 5.92. The van der Waals surface area contributed by atoms with Crippen LogP contribution in [0, 0.1) is 6.92 Å². The van der Waals surface area contributed by atoms with Crippen molar-refractivity contribution in [2.75, 3.05) is 6.54 Å². The van der Waals surface area contributed by atoms with Crippen molar-refractivity contribution in [1.82, 2.24) is 15.1 Å². The summed E-state index contributed by atoms with van der Waals surface area (Å²) in [4.78, 5) is 24.6. The Morgan fingerprint density at radius 1 is 1.07 bits per heavy atom. The molecule has 0 atom stereocenters. The summed E-state index contributed by atoms with van der Waals surface area (Å²) in [5, 5.41) is 6.53. The molecular weight excluding hydrogens is 383 g/mol. The molecule has 0 radical (unpaired) electrons. The molecule has 0 aliphatic heterocycles. The fraction of sp³-hybridized carbons (Fsp3) is 0.190. The average molecular weight is 401 g/mol. The lowest BCUT2D eigenvalue weighted by Crippen LogP contribution is -2.33. The second-order valence-corrected chi connectivity index (χ2v) is 6.42. The van der Waals surface area contributed by atoms with Crippen LogP contribution in [0.1, 0.15) is 27.3 Å². The van der Waals surface area contributed by atoms with Crippen molar-refractivity contribution >= 4 is 5.91 Å². The Balaban J connectivity index is 1.89. The number of halogens is 3. The van der Waals surface area contributed by atoms with Crippen molar-refractivity contribution in [1.29, 1.82) is 0 Å². The smallest absolute Gasteiger partial charge is 0.350 e. The van der Waals surface area contributed by atoms with Crippen LogP contribution in [0.5, 0.6) is 0 Å². The van der Waals surface area contributed by atoms with Gasteiger partial charge in [-0.25, -0.2) is 4.68 Å². The predicted molar refractivity (Wildman–Crippen MR) is 102 cm³/mol. The summed E-state index contributed by atoms with van der Waals surface area (Å²) in [5.41, 5.74) is -1.08. The second kappa shape index (κ2) is 8.30. The van der Waals surface area contributed by atoms with Gasteiger partial charge in [0.05, 0.1) is 11.3 Å². The van der Waals surface area contributed by atoms with Crippen molar-refractivity contribution in [2.45, 2.75) is 19.5 Å². The molecule has 0 bridgehead atoms. The number of aromatic nitrogens is 2. The van der Waals surface area contributed by atoms with Gasteiger partial charge in [0.1, 0.15) is 0 Å². The maximum absolute atomic E-state index is 13.3. The molecule has 0 saturated heterocycles. The molecular formula is C21H18F3N3O2. The van der Waals surface area contributed by atoms with Gasteiger partial charge in [-0.1, -0.05) is 42.5 Å². The molecule has 1 heterocycles. The fourth-order valence-corrected chi connectivity index (χ4v) is 2.90. The van der Waals surface area contributed by atoms with Crippen molar-refractivity contribution in [2.24, 2.45) is 0 Å². The lowest BCUT2D eigenvalue weighted by molar-refractivity contribution is -0.137. The van der Waals surface area contributed by atoms with E-state index < -0.39 is 28.8 Å². The summed E-state index contributed by atoms with van der Waals surface area (Å²) in [6.45, 7) is 1.72. The van der Waals surface area contributed by atoms with Crippen LogP contribution >= 0.6 is 0 Å². The average Bonchev–Trinajstić information content (AvgIpc) is 2.68. The molecule has 0 spiro atoms. The van der Waals surface area contributed by atoms with E-state index >= 15 is 0 Å². The lowest BCUT2D eigenvalue weighted by atomic mass is 10.1. The minimum absolute atomic E-state index is 0.188. The third-order valence-electron chi connectivity index (χ3n) is 4.30. The van der Waals surface area contributed by atoms with Crippen LogP contribution in [0.2, 0.25) is 0 Å². The van der Waals surface area contributed by atoms with E-state index in [1.165, 1.54) is 25.1 Å². The van der Waals surface area contributed by atoms with Crippen LogP contribution in [-0.4, -0.2) is 22.2 Å². The van der Waals surface area contributed by atoms with Gasteiger partial charge in [0.2, 0.25) is 5.43 Å². The Bertz CT molecular complexity index is 1080. The first-order chi connectivity index (χ1) is 13.8. The van der Waals surface area contributed by atoms with Gasteiger partial charge in [-0.15, -0.1) is 0 Å². The summed E-state index contributed by atoms with van der Waals surface area (Å²) in [7, 11) is 0. The highest BCUT2D eigenvalue weighted by Crippen LogP contribution is 2.33. The maximum Gasteiger partial charge on any atom is 0.418 e. The number of hydrogen-bond donors (Lipinski definition) is 1. The van der Waals surface area contributed by atoms with Gasteiger partial charge >= 0.3 is 6.18 Å². The summed E-state index contributed by atoms with van der Waals surface area (Å²) in [6, 6.07) is 15.4. The van der Waals surface area contributed by atoms with Crippen LogP contribution in [0.4, 0.5) is 13.2 Å². The van der Waals surface area contributed by atoms with Gasteiger partial charge in [-0.3, -0.25) is 9.59 Å². The minimum atomic E-state index is -4.61. The molecule has 0 aliphatic carbocycles. The fourth-order valence-electron chi connectivity index (χ4n) is 2.90. The zero-order valence-electron chi connectivity index (χ0n) is 15.5. The number of amides is 1. The van der Waals surface area contributed by atoms with Crippen molar-refractivity contribution in [3.63, 3.8) is 0 Å². The molecule has 3 aromatic rings. The number of nitrogens with one attached hydrogen (secondary N) is 1. The van der Waals surface area contributed by atoms with Crippen molar-refractivity contribution in [3.05, 3.63) is 93.4 Å². The van der Waals surface area contributed by atoms with E-state index in [9.17, 15) is 22.8 Å². The van der Waals surface area contributed by atoms with Gasteiger partial charge in [-0.05, 0) is 31.0 Å². The number of rotatable bonds is 5. The minimum Gasteiger partial charge on any atom is -0.350 e. The summed E-state index contributed by atoms with van der Waals surface area (Å²) >= 11 is 0. The molecule has 1 N–H and O–H groups in total. The van der Waals surface area contributed by atoms with E-state index in [1.54, 1.807) is 0 Å². The summed E-state index contributed by atoms with van der Waals surface area (Å²) in [6.07, 6.45) is -4.06. The molecule has 5 nitrogen and oxygen atoms in total. The van der Waals surface area contributed by atoms with Gasteiger partial charge in [0.15, 0.2) is 5.69 Å². The Hall–Kier alpha value is -3.42. The molecule has 0 fully saturated rings. The number of nitrogens with zero attached hydrogens (tertiary/aromatic N) is 2. The van der Waals surface area contributed by atoms with Crippen molar-refractivity contribution < 1.29 is 18.0 Å². The number of alkyl halides is 3. The monoisotopic (exact) mass is 401 g/mol. The topological polar surface area (TPSA) is 64.0 Å². The highest BCUT2D eigenvalue weighted by Gasteiger charge is 2.34. The SMILES string of the molecule is Cc1cc(=O)c(C(=O)NCCc2ccccc2)nn1-c1ccccc1C(F)(F)F. The molecule has 0 aliphatic rings. The zero-order valence-corrected chi connectivity index (χ0v) is 15.5. The van der Waals surface area contributed by atoms with Crippen LogP contribution in [-0.2, 0) is 12.6 Å². The molecule has 1 aromatic heterocycles. The van der Waals surface area contributed by atoms with Crippen LogP contribution in [0.15, 0.2) is 65.5 Å². The number of aryl methyl sites for hydroxylation is 1.